The summed E-state index contributed by atoms with van der Waals surface area (Å²) in [6.45, 7) is 2.56. The van der Waals surface area contributed by atoms with E-state index in [0.717, 1.165) is 27.9 Å². The number of aromatic nitrogens is 4. The SMILES string of the molecule is Cc1c(-c2ccccc2)n[nH]c1C(=O)N1CC(C(=O)Nc2ccc3c(c2)n(C)c(=O)n3C)C1. The van der Waals surface area contributed by atoms with Crippen LogP contribution in [-0.4, -0.2) is 49.1 Å². The summed E-state index contributed by atoms with van der Waals surface area (Å²) in [6.07, 6.45) is 0. The molecule has 2 aromatic heterocycles. The number of aryl methyl sites for hydroxylation is 2. The van der Waals surface area contributed by atoms with Gasteiger partial charge in [0, 0.05) is 44.0 Å². The van der Waals surface area contributed by atoms with Crippen LogP contribution in [0.5, 0.6) is 0 Å². The standard InChI is InChI=1S/C24H24N6O3/c1-14-20(15-7-5-4-6-8-15)26-27-21(14)23(32)30-12-16(13-30)22(31)25-17-9-10-18-19(11-17)29(3)24(33)28(18)2/h4-11,16H,12-13H2,1-3H3,(H,25,31)(H,26,27). The maximum Gasteiger partial charge on any atom is 0.328 e. The van der Waals surface area contributed by atoms with E-state index < -0.39 is 0 Å². The number of aromatic amines is 1. The molecule has 0 saturated carbocycles. The second-order valence-electron chi connectivity index (χ2n) is 8.44. The van der Waals surface area contributed by atoms with Crippen LogP contribution in [0.3, 0.4) is 0 Å². The van der Waals surface area contributed by atoms with Gasteiger partial charge in [-0.25, -0.2) is 4.79 Å². The molecule has 1 fully saturated rings. The van der Waals surface area contributed by atoms with Crippen LogP contribution < -0.4 is 11.0 Å². The molecule has 2 amide bonds. The molecule has 1 saturated heterocycles. The first-order valence-electron chi connectivity index (χ1n) is 10.7. The fraction of sp³-hybridized carbons (Fsp3) is 0.250. The Labute approximate surface area is 189 Å². The predicted octanol–water partition coefficient (Wildman–Crippen LogP) is 2.29. The number of benzene rings is 2. The molecule has 0 bridgehead atoms. The fourth-order valence-corrected chi connectivity index (χ4v) is 4.28. The lowest BCUT2D eigenvalue weighted by Gasteiger charge is -2.38. The number of likely N-dealkylation sites (tertiary alicyclic amines) is 1. The van der Waals surface area contributed by atoms with Gasteiger partial charge in [0.05, 0.1) is 22.6 Å². The summed E-state index contributed by atoms with van der Waals surface area (Å²) in [7, 11) is 3.42. The molecule has 9 nitrogen and oxygen atoms in total. The van der Waals surface area contributed by atoms with Crippen molar-refractivity contribution in [1.29, 1.82) is 0 Å². The molecule has 0 unspecified atom stereocenters. The first-order chi connectivity index (χ1) is 15.8. The largest absolute Gasteiger partial charge is 0.336 e. The number of imidazole rings is 1. The topological polar surface area (TPSA) is 105 Å². The van der Waals surface area contributed by atoms with Crippen molar-refractivity contribution in [1.82, 2.24) is 24.2 Å². The van der Waals surface area contributed by atoms with Crippen molar-refractivity contribution in [3.63, 3.8) is 0 Å². The zero-order valence-electron chi connectivity index (χ0n) is 18.6. The highest BCUT2D eigenvalue weighted by Crippen LogP contribution is 2.26. The molecule has 33 heavy (non-hydrogen) atoms. The van der Waals surface area contributed by atoms with Gasteiger partial charge >= 0.3 is 5.69 Å². The highest BCUT2D eigenvalue weighted by molar-refractivity contribution is 5.99. The van der Waals surface area contributed by atoms with Gasteiger partial charge in [0.15, 0.2) is 0 Å². The number of carbonyl (C=O) groups excluding carboxylic acids is 2. The highest BCUT2D eigenvalue weighted by Gasteiger charge is 2.37. The Morgan fingerprint density at radius 1 is 1.03 bits per heavy atom. The summed E-state index contributed by atoms with van der Waals surface area (Å²) in [5.74, 6) is -0.598. The predicted molar refractivity (Wildman–Crippen MR) is 125 cm³/mol. The van der Waals surface area contributed by atoms with Crippen LogP contribution in [-0.2, 0) is 18.9 Å². The Kier molecular flexibility index (Phi) is 4.88. The van der Waals surface area contributed by atoms with Gasteiger partial charge in [-0.1, -0.05) is 30.3 Å². The number of nitrogens with one attached hydrogen (secondary N) is 2. The van der Waals surface area contributed by atoms with E-state index in [1.54, 1.807) is 40.3 Å². The lowest BCUT2D eigenvalue weighted by molar-refractivity contribution is -0.123. The average molecular weight is 444 g/mol. The van der Waals surface area contributed by atoms with Crippen molar-refractivity contribution in [2.45, 2.75) is 6.92 Å². The van der Waals surface area contributed by atoms with E-state index in [1.807, 2.05) is 43.3 Å². The van der Waals surface area contributed by atoms with Gasteiger partial charge < -0.3 is 10.2 Å². The Hall–Kier alpha value is -4.14. The van der Waals surface area contributed by atoms with Crippen molar-refractivity contribution < 1.29 is 9.59 Å². The van der Waals surface area contributed by atoms with E-state index in [9.17, 15) is 14.4 Å². The van der Waals surface area contributed by atoms with E-state index in [0.29, 0.717) is 24.5 Å². The van der Waals surface area contributed by atoms with Gasteiger partial charge in [0.25, 0.3) is 5.91 Å². The summed E-state index contributed by atoms with van der Waals surface area (Å²) in [4.78, 5) is 39.4. The van der Waals surface area contributed by atoms with Crippen LogP contribution in [0.4, 0.5) is 5.69 Å². The summed E-state index contributed by atoms with van der Waals surface area (Å²) in [5, 5.41) is 10.1. The molecule has 4 aromatic rings. The van der Waals surface area contributed by atoms with E-state index in [4.69, 9.17) is 0 Å². The molecule has 1 aliphatic rings. The number of hydrogen-bond donors (Lipinski definition) is 2. The molecule has 1 aliphatic heterocycles. The van der Waals surface area contributed by atoms with Crippen LogP contribution in [0.1, 0.15) is 16.1 Å². The number of rotatable bonds is 4. The molecular formula is C24H24N6O3. The fourth-order valence-electron chi connectivity index (χ4n) is 4.28. The second-order valence-corrected chi connectivity index (χ2v) is 8.44. The lowest BCUT2D eigenvalue weighted by Crippen LogP contribution is -2.54. The Bertz CT molecular complexity index is 1440. The van der Waals surface area contributed by atoms with E-state index >= 15 is 0 Å². The molecule has 0 aliphatic carbocycles. The molecule has 0 atom stereocenters. The summed E-state index contributed by atoms with van der Waals surface area (Å²) >= 11 is 0. The monoisotopic (exact) mass is 444 g/mol. The van der Waals surface area contributed by atoms with Crippen LogP contribution >= 0.6 is 0 Å². The van der Waals surface area contributed by atoms with Gasteiger partial charge in [-0.2, -0.15) is 5.10 Å². The van der Waals surface area contributed by atoms with Gasteiger partial charge in [-0.05, 0) is 25.1 Å². The normalized spacial score (nSPS) is 13.8. The molecule has 0 spiro atoms. The van der Waals surface area contributed by atoms with Crippen LogP contribution in [0.15, 0.2) is 53.3 Å². The number of fused-ring (bicyclic) bond motifs is 1. The number of carbonyl (C=O) groups is 2. The van der Waals surface area contributed by atoms with Crippen molar-refractivity contribution in [2.24, 2.45) is 20.0 Å². The molecule has 5 rings (SSSR count). The first-order valence-corrected chi connectivity index (χ1v) is 10.7. The van der Waals surface area contributed by atoms with Gasteiger partial charge in [0.2, 0.25) is 5.91 Å². The molecule has 168 valence electrons. The van der Waals surface area contributed by atoms with Crippen molar-refractivity contribution in [3.05, 3.63) is 70.3 Å². The summed E-state index contributed by atoms with van der Waals surface area (Å²) < 4.78 is 3.11. The second kappa shape index (κ2) is 7.77. The molecule has 3 heterocycles. The van der Waals surface area contributed by atoms with E-state index in [2.05, 4.69) is 15.5 Å². The maximum atomic E-state index is 12.9. The smallest absolute Gasteiger partial charge is 0.328 e. The number of nitrogens with zero attached hydrogens (tertiary/aromatic N) is 4. The third kappa shape index (κ3) is 3.42. The van der Waals surface area contributed by atoms with Crippen molar-refractivity contribution in [3.8, 4) is 11.3 Å². The quantitative estimate of drug-likeness (QED) is 0.504. The van der Waals surface area contributed by atoms with E-state index in [-0.39, 0.29) is 23.4 Å². The van der Waals surface area contributed by atoms with Gasteiger partial charge in [0.1, 0.15) is 5.69 Å². The molecular weight excluding hydrogens is 420 g/mol. The Balaban J connectivity index is 1.24. The minimum Gasteiger partial charge on any atom is -0.336 e. The van der Waals surface area contributed by atoms with Crippen molar-refractivity contribution >= 4 is 28.5 Å². The van der Waals surface area contributed by atoms with Crippen molar-refractivity contribution in [2.75, 3.05) is 18.4 Å². The minimum absolute atomic E-state index is 0.119. The zero-order valence-corrected chi connectivity index (χ0v) is 18.6. The minimum atomic E-state index is -0.291. The third-order valence-electron chi connectivity index (χ3n) is 6.35. The Morgan fingerprint density at radius 3 is 2.45 bits per heavy atom. The summed E-state index contributed by atoms with van der Waals surface area (Å²) in [6, 6.07) is 15.1. The maximum absolute atomic E-state index is 12.9. The number of H-pyrrole nitrogens is 1. The molecule has 2 aromatic carbocycles. The Morgan fingerprint density at radius 2 is 1.73 bits per heavy atom. The van der Waals surface area contributed by atoms with Gasteiger partial charge in [-0.15, -0.1) is 0 Å². The lowest BCUT2D eigenvalue weighted by atomic mass is 9.97. The number of hydrogen-bond acceptors (Lipinski definition) is 4. The average Bonchev–Trinajstić information content (AvgIpc) is 3.26. The molecule has 2 N–H and O–H groups in total. The van der Waals surface area contributed by atoms with Gasteiger partial charge in [-0.3, -0.25) is 23.8 Å². The van der Waals surface area contributed by atoms with E-state index in [1.165, 1.54) is 0 Å². The third-order valence-corrected chi connectivity index (χ3v) is 6.35. The highest BCUT2D eigenvalue weighted by atomic mass is 16.2. The molecule has 9 heteroatoms. The van der Waals surface area contributed by atoms with Crippen LogP contribution in [0.25, 0.3) is 22.3 Å². The first kappa shape index (κ1) is 20.7. The molecule has 0 radical (unpaired) electrons. The summed E-state index contributed by atoms with van der Waals surface area (Å²) in [5.41, 5.74) is 4.98. The zero-order chi connectivity index (χ0) is 23.3. The van der Waals surface area contributed by atoms with Crippen LogP contribution in [0, 0.1) is 12.8 Å². The number of amides is 2. The van der Waals surface area contributed by atoms with Crippen LogP contribution in [0.2, 0.25) is 0 Å². The number of anilines is 1.